The summed E-state index contributed by atoms with van der Waals surface area (Å²) >= 11 is 0. The standard InChI is InChI=1S/C16H44O8Si8/c1-13-29(5,6)21-25-17-26(22-30(7,8)14-2)19-28(24-32(11,12)16-4)20-27(18-25)23-31(9,10)15-3/h13-16H2,1-12H3. The molecule has 0 atom stereocenters. The van der Waals surface area contributed by atoms with Gasteiger partial charge in [-0.3, -0.25) is 0 Å². The summed E-state index contributed by atoms with van der Waals surface area (Å²) in [6.07, 6.45) is 0. The van der Waals surface area contributed by atoms with E-state index in [1.807, 2.05) is 0 Å². The first kappa shape index (κ1) is 31.4. The van der Waals surface area contributed by atoms with Crippen molar-refractivity contribution in [2.45, 2.75) is 104 Å². The van der Waals surface area contributed by atoms with Gasteiger partial charge in [0.15, 0.2) is 33.3 Å². The van der Waals surface area contributed by atoms with E-state index < -0.39 is 71.4 Å². The molecule has 1 fully saturated rings. The summed E-state index contributed by atoms with van der Waals surface area (Å²) in [7, 11) is -16.3. The summed E-state index contributed by atoms with van der Waals surface area (Å²) in [6, 6.07) is 3.83. The topological polar surface area (TPSA) is 73.8 Å². The number of rotatable bonds is 12. The zero-order chi connectivity index (χ0) is 24.8. The molecule has 8 nitrogen and oxygen atoms in total. The largest absolute Gasteiger partial charge is 0.550 e. The Hall–Kier alpha value is 1.42. The first-order valence-corrected chi connectivity index (χ1v) is 28.9. The van der Waals surface area contributed by atoms with E-state index in [9.17, 15) is 0 Å². The zero-order valence-corrected chi connectivity index (χ0v) is 30.1. The highest BCUT2D eigenvalue weighted by Crippen LogP contribution is 2.23. The van der Waals surface area contributed by atoms with Crippen LogP contribution in [0.4, 0.5) is 0 Å². The lowest BCUT2D eigenvalue weighted by Gasteiger charge is -2.37. The van der Waals surface area contributed by atoms with Crippen LogP contribution in [0.3, 0.4) is 0 Å². The van der Waals surface area contributed by atoms with E-state index in [2.05, 4.69) is 80.1 Å². The van der Waals surface area contributed by atoms with Gasteiger partial charge >= 0.3 is 38.1 Å². The molecule has 0 N–H and O–H groups in total. The first-order valence-electron chi connectivity index (χ1n) is 11.5. The molecule has 16 heteroatoms. The maximum absolute atomic E-state index is 6.41. The fourth-order valence-corrected chi connectivity index (χ4v) is 19.9. The predicted octanol–water partition coefficient (Wildman–Crippen LogP) is 4.97. The fourth-order valence-electron chi connectivity index (χ4n) is 1.71. The summed E-state index contributed by atoms with van der Waals surface area (Å²) in [5.41, 5.74) is 0. The third kappa shape index (κ3) is 11.9. The maximum atomic E-state index is 6.41. The van der Waals surface area contributed by atoms with Gasteiger partial charge in [-0.05, 0) is 76.6 Å². The highest BCUT2D eigenvalue weighted by molar-refractivity contribution is 6.84. The third-order valence-corrected chi connectivity index (χ3v) is 29.2. The van der Waals surface area contributed by atoms with Crippen LogP contribution in [0.15, 0.2) is 0 Å². The quantitative estimate of drug-likeness (QED) is 0.296. The van der Waals surface area contributed by atoms with E-state index in [1.165, 1.54) is 0 Å². The van der Waals surface area contributed by atoms with Crippen molar-refractivity contribution in [2.75, 3.05) is 0 Å². The predicted molar refractivity (Wildman–Crippen MR) is 144 cm³/mol. The molecule has 4 radical (unpaired) electrons. The minimum Gasteiger partial charge on any atom is -0.414 e. The van der Waals surface area contributed by atoms with Crippen LogP contribution in [-0.2, 0) is 32.9 Å². The Bertz CT molecular complexity index is 464. The van der Waals surface area contributed by atoms with Crippen LogP contribution >= 0.6 is 0 Å². The van der Waals surface area contributed by atoms with Crippen LogP contribution in [0.1, 0.15) is 27.7 Å². The van der Waals surface area contributed by atoms with Crippen molar-refractivity contribution in [1.82, 2.24) is 0 Å². The Morgan fingerprint density at radius 3 is 0.688 bits per heavy atom. The van der Waals surface area contributed by atoms with Gasteiger partial charge in [0.1, 0.15) is 0 Å². The average molecular weight is 589 g/mol. The lowest BCUT2D eigenvalue weighted by Crippen LogP contribution is -2.59. The Balaban J connectivity index is 3.21. The van der Waals surface area contributed by atoms with Crippen LogP contribution in [0.25, 0.3) is 0 Å². The van der Waals surface area contributed by atoms with Crippen molar-refractivity contribution >= 4 is 71.4 Å². The second-order valence-corrected chi connectivity index (χ2v) is 35.7. The molecule has 0 unspecified atom stereocenters. The van der Waals surface area contributed by atoms with E-state index in [0.29, 0.717) is 0 Å². The molecule has 0 amide bonds. The SMILES string of the molecule is CC[Si](C)(C)O[Si]1O[Si](O[Si](C)(C)CC)O[Si](O[Si](C)(C)CC)O[Si](O[Si](C)(C)CC)O1. The molecule has 0 aromatic carbocycles. The van der Waals surface area contributed by atoms with Crippen LogP contribution in [-0.4, -0.2) is 71.4 Å². The van der Waals surface area contributed by atoms with Gasteiger partial charge in [0, 0.05) is 0 Å². The minimum absolute atomic E-state index is 0.959. The summed E-state index contributed by atoms with van der Waals surface area (Å²) in [6.45, 7) is 25.9. The fraction of sp³-hybridized carbons (Fsp3) is 1.00. The molecular formula is C16H44O8Si8. The number of hydrogen-bond acceptors (Lipinski definition) is 8. The normalized spacial score (nSPS) is 19.9. The molecule has 0 aromatic rings. The molecule has 0 saturated carbocycles. The highest BCUT2D eigenvalue weighted by atomic mass is 28.5. The zero-order valence-electron chi connectivity index (χ0n) is 22.1. The van der Waals surface area contributed by atoms with Gasteiger partial charge in [-0.2, -0.15) is 0 Å². The molecule has 1 heterocycles. The summed E-state index contributed by atoms with van der Waals surface area (Å²) in [5, 5.41) is 0. The molecule has 32 heavy (non-hydrogen) atoms. The van der Waals surface area contributed by atoms with Crippen molar-refractivity contribution < 1.29 is 32.9 Å². The van der Waals surface area contributed by atoms with Gasteiger partial charge in [0.2, 0.25) is 0 Å². The Morgan fingerprint density at radius 1 is 0.406 bits per heavy atom. The van der Waals surface area contributed by atoms with Crippen molar-refractivity contribution in [1.29, 1.82) is 0 Å². The highest BCUT2D eigenvalue weighted by Gasteiger charge is 2.50. The van der Waals surface area contributed by atoms with E-state index >= 15 is 0 Å². The first-order chi connectivity index (χ1) is 14.6. The van der Waals surface area contributed by atoms with Crippen LogP contribution in [0, 0.1) is 0 Å². The third-order valence-electron chi connectivity index (χ3n) is 5.51. The second-order valence-electron chi connectivity index (χ2n) is 10.3. The van der Waals surface area contributed by atoms with Gasteiger partial charge in [0.25, 0.3) is 0 Å². The van der Waals surface area contributed by atoms with Crippen molar-refractivity contribution in [2.24, 2.45) is 0 Å². The second kappa shape index (κ2) is 13.1. The number of hydrogen-bond donors (Lipinski definition) is 0. The smallest absolute Gasteiger partial charge is 0.414 e. The van der Waals surface area contributed by atoms with Gasteiger partial charge in [-0.25, -0.2) is 0 Å². The van der Waals surface area contributed by atoms with Crippen molar-refractivity contribution in [3.8, 4) is 0 Å². The monoisotopic (exact) mass is 588 g/mol. The molecule has 0 spiro atoms. The maximum Gasteiger partial charge on any atom is 0.550 e. The van der Waals surface area contributed by atoms with Crippen LogP contribution in [0.5, 0.6) is 0 Å². The van der Waals surface area contributed by atoms with Crippen molar-refractivity contribution in [3.63, 3.8) is 0 Å². The molecule has 1 saturated heterocycles. The van der Waals surface area contributed by atoms with E-state index in [1.54, 1.807) is 0 Å². The van der Waals surface area contributed by atoms with Crippen LogP contribution in [0.2, 0.25) is 76.6 Å². The molecule has 188 valence electrons. The summed E-state index contributed by atoms with van der Waals surface area (Å²) < 4.78 is 51.1. The van der Waals surface area contributed by atoms with E-state index in [0.717, 1.165) is 24.2 Å². The van der Waals surface area contributed by atoms with Gasteiger partial charge in [0.05, 0.1) is 0 Å². The van der Waals surface area contributed by atoms with Crippen LogP contribution < -0.4 is 0 Å². The Morgan fingerprint density at radius 2 is 0.562 bits per heavy atom. The molecule has 0 bridgehead atoms. The van der Waals surface area contributed by atoms with E-state index in [-0.39, 0.29) is 0 Å². The van der Waals surface area contributed by atoms with Gasteiger partial charge in [-0.15, -0.1) is 0 Å². The molecule has 0 aromatic heterocycles. The lowest BCUT2D eigenvalue weighted by atomic mass is 11.0. The Labute approximate surface area is 208 Å². The minimum atomic E-state index is -2.13. The summed E-state index contributed by atoms with van der Waals surface area (Å²) in [5.74, 6) is 0. The summed E-state index contributed by atoms with van der Waals surface area (Å²) in [4.78, 5) is 0. The van der Waals surface area contributed by atoms with Gasteiger partial charge < -0.3 is 32.9 Å². The molecular weight excluding hydrogens is 545 g/mol. The van der Waals surface area contributed by atoms with Crippen molar-refractivity contribution in [3.05, 3.63) is 0 Å². The molecule has 1 rings (SSSR count). The Kier molecular flexibility index (Phi) is 12.9. The van der Waals surface area contributed by atoms with Gasteiger partial charge in [-0.1, -0.05) is 27.7 Å². The average Bonchev–Trinajstić information content (AvgIpc) is 2.65. The molecule has 1 aliphatic heterocycles. The molecule has 1 aliphatic rings. The lowest BCUT2D eigenvalue weighted by molar-refractivity contribution is 0.142. The molecule has 0 aliphatic carbocycles. The van der Waals surface area contributed by atoms with E-state index in [4.69, 9.17) is 32.9 Å².